The van der Waals surface area contributed by atoms with E-state index in [4.69, 9.17) is 4.74 Å². The van der Waals surface area contributed by atoms with Gasteiger partial charge in [0.2, 0.25) is 10.0 Å². The molecule has 1 aliphatic rings. The fourth-order valence-electron chi connectivity index (χ4n) is 4.37. The van der Waals surface area contributed by atoms with Crippen LogP contribution in [-0.2, 0) is 10.0 Å². The van der Waals surface area contributed by atoms with E-state index >= 15 is 0 Å². The normalized spacial score (nSPS) is 14.9. The van der Waals surface area contributed by atoms with E-state index in [2.05, 4.69) is 4.90 Å². The number of methoxy groups -OCH3 is 1. The van der Waals surface area contributed by atoms with Crippen molar-refractivity contribution in [3.8, 4) is 5.75 Å². The van der Waals surface area contributed by atoms with Gasteiger partial charge in [-0.2, -0.15) is 4.31 Å². The highest BCUT2D eigenvalue weighted by Gasteiger charge is 2.28. The summed E-state index contributed by atoms with van der Waals surface area (Å²) in [6.07, 6.45) is 3.77. The summed E-state index contributed by atoms with van der Waals surface area (Å²) in [5, 5.41) is 0. The Bertz CT molecular complexity index is 1390. The van der Waals surface area contributed by atoms with Gasteiger partial charge in [0, 0.05) is 56.9 Å². The van der Waals surface area contributed by atoms with Gasteiger partial charge in [-0.1, -0.05) is 30.4 Å². The summed E-state index contributed by atoms with van der Waals surface area (Å²) in [7, 11) is -2.11. The molecule has 4 rings (SSSR count). The first-order valence-electron chi connectivity index (χ1n) is 12.6. The van der Waals surface area contributed by atoms with E-state index in [0.29, 0.717) is 51.4 Å². The van der Waals surface area contributed by atoms with Crippen LogP contribution in [0.5, 0.6) is 5.75 Å². The molecular weight excluding hydrogens is 524 g/mol. The van der Waals surface area contributed by atoms with Gasteiger partial charge in [0.15, 0.2) is 0 Å². The number of nitrogens with zero attached hydrogens (tertiary/aromatic N) is 3. The lowest BCUT2D eigenvalue weighted by Gasteiger charge is -2.35. The van der Waals surface area contributed by atoms with Gasteiger partial charge < -0.3 is 9.64 Å². The van der Waals surface area contributed by atoms with Crippen molar-refractivity contribution in [2.75, 3.05) is 52.9 Å². The first kappa shape index (κ1) is 28.4. The average Bonchev–Trinajstić information content (AvgIpc) is 2.95. The van der Waals surface area contributed by atoms with Gasteiger partial charge in [-0.25, -0.2) is 17.2 Å². The molecule has 0 saturated carbocycles. The van der Waals surface area contributed by atoms with Crippen molar-refractivity contribution in [1.82, 2.24) is 14.1 Å². The van der Waals surface area contributed by atoms with Gasteiger partial charge in [0.1, 0.15) is 17.4 Å². The lowest BCUT2D eigenvalue weighted by molar-refractivity contribution is 0.0745. The molecule has 39 heavy (non-hydrogen) atoms. The SMILES string of the molecule is COc1ccccc1/C=C/CN(CCN1CCN(S(=O)(=O)c2ccc(F)cc2)CC1)C(=O)c1ccc(F)cc1. The molecule has 1 heterocycles. The van der Waals surface area contributed by atoms with E-state index in [1.54, 1.807) is 12.0 Å². The molecule has 0 aliphatic carbocycles. The van der Waals surface area contributed by atoms with Gasteiger partial charge in [0.05, 0.1) is 12.0 Å². The number of sulfonamides is 1. The fraction of sp³-hybridized carbons (Fsp3) is 0.276. The number of piperazine rings is 1. The van der Waals surface area contributed by atoms with Crippen LogP contribution in [0.15, 0.2) is 83.8 Å². The summed E-state index contributed by atoms with van der Waals surface area (Å²) in [5.41, 5.74) is 1.27. The molecule has 0 bridgehead atoms. The lowest BCUT2D eigenvalue weighted by Crippen LogP contribution is -2.50. The van der Waals surface area contributed by atoms with Crippen molar-refractivity contribution in [2.24, 2.45) is 0 Å². The Morgan fingerprint density at radius 3 is 2.18 bits per heavy atom. The Hall–Kier alpha value is -3.60. The first-order chi connectivity index (χ1) is 18.8. The third-order valence-corrected chi connectivity index (χ3v) is 8.52. The quantitative estimate of drug-likeness (QED) is 0.376. The zero-order valence-electron chi connectivity index (χ0n) is 21.7. The number of ether oxygens (including phenoxy) is 1. The molecule has 206 valence electrons. The molecule has 7 nitrogen and oxygen atoms in total. The van der Waals surface area contributed by atoms with Crippen LogP contribution in [0.4, 0.5) is 8.78 Å². The van der Waals surface area contributed by atoms with Crippen molar-refractivity contribution in [1.29, 1.82) is 0 Å². The van der Waals surface area contributed by atoms with Crippen molar-refractivity contribution >= 4 is 22.0 Å². The maximum absolute atomic E-state index is 13.4. The summed E-state index contributed by atoms with van der Waals surface area (Å²) in [6.45, 7) is 2.84. The monoisotopic (exact) mass is 555 g/mol. The highest BCUT2D eigenvalue weighted by molar-refractivity contribution is 7.89. The molecule has 1 fully saturated rings. The smallest absolute Gasteiger partial charge is 0.254 e. The van der Waals surface area contributed by atoms with Gasteiger partial charge in [-0.15, -0.1) is 0 Å². The van der Waals surface area contributed by atoms with Crippen LogP contribution < -0.4 is 4.74 Å². The van der Waals surface area contributed by atoms with Gasteiger partial charge in [-0.05, 0) is 54.6 Å². The van der Waals surface area contributed by atoms with Gasteiger partial charge in [-0.3, -0.25) is 9.69 Å². The number of halogens is 2. The second-order valence-electron chi connectivity index (χ2n) is 9.10. The number of para-hydroxylation sites is 1. The van der Waals surface area contributed by atoms with Crippen molar-refractivity contribution < 1.29 is 26.7 Å². The van der Waals surface area contributed by atoms with Crippen LogP contribution in [0, 0.1) is 11.6 Å². The number of hydrogen-bond donors (Lipinski definition) is 0. The van der Waals surface area contributed by atoms with Crippen LogP contribution in [0.2, 0.25) is 0 Å². The third kappa shape index (κ3) is 7.29. The number of rotatable bonds is 10. The highest BCUT2D eigenvalue weighted by atomic mass is 32.2. The molecule has 1 aliphatic heterocycles. The maximum Gasteiger partial charge on any atom is 0.254 e. The molecule has 0 atom stereocenters. The summed E-state index contributed by atoms with van der Waals surface area (Å²) >= 11 is 0. The van der Waals surface area contributed by atoms with Crippen LogP contribution in [0.1, 0.15) is 15.9 Å². The lowest BCUT2D eigenvalue weighted by atomic mass is 10.1. The Labute approximate surface area is 228 Å². The standard InChI is InChI=1S/C29H31F2N3O4S/c1-38-28-7-3-2-5-23(28)6-4-16-33(29(35)24-8-10-25(30)11-9-24)20-17-32-18-21-34(22-19-32)39(36,37)27-14-12-26(31)13-15-27/h2-15H,16-22H2,1H3/b6-4+. The predicted molar refractivity (Wildman–Crippen MR) is 146 cm³/mol. The van der Waals surface area contributed by atoms with E-state index in [0.717, 1.165) is 23.4 Å². The predicted octanol–water partition coefficient (Wildman–Crippen LogP) is 4.14. The maximum atomic E-state index is 13.4. The van der Waals surface area contributed by atoms with Gasteiger partial charge in [0.25, 0.3) is 5.91 Å². The molecule has 3 aromatic rings. The van der Waals surface area contributed by atoms with Crippen LogP contribution in [0.3, 0.4) is 0 Å². The number of benzene rings is 3. The molecule has 1 amide bonds. The Kier molecular flexibility index (Phi) is 9.45. The van der Waals surface area contributed by atoms with Gasteiger partial charge >= 0.3 is 0 Å². The largest absolute Gasteiger partial charge is 0.496 e. The second-order valence-corrected chi connectivity index (χ2v) is 11.0. The Morgan fingerprint density at radius 1 is 0.923 bits per heavy atom. The fourth-order valence-corrected chi connectivity index (χ4v) is 5.80. The summed E-state index contributed by atoms with van der Waals surface area (Å²) in [5.74, 6) is -0.408. The minimum atomic E-state index is -3.71. The molecule has 0 spiro atoms. The van der Waals surface area contributed by atoms with Crippen LogP contribution in [-0.4, -0.2) is 81.4 Å². The summed E-state index contributed by atoms with van der Waals surface area (Å²) < 4.78 is 59.3. The Morgan fingerprint density at radius 2 is 1.54 bits per heavy atom. The molecule has 0 aromatic heterocycles. The van der Waals surface area contributed by atoms with Crippen LogP contribution in [0.25, 0.3) is 6.08 Å². The molecule has 10 heteroatoms. The van der Waals surface area contributed by atoms with Crippen molar-refractivity contribution in [3.05, 3.63) is 102 Å². The molecule has 0 unspecified atom stereocenters. The summed E-state index contributed by atoms with van der Waals surface area (Å²) in [6, 6.07) is 17.8. The highest BCUT2D eigenvalue weighted by Crippen LogP contribution is 2.20. The third-order valence-electron chi connectivity index (χ3n) is 6.61. The number of carbonyl (C=O) groups is 1. The zero-order valence-corrected chi connectivity index (χ0v) is 22.5. The molecular formula is C29H31F2N3O4S. The minimum Gasteiger partial charge on any atom is -0.496 e. The molecule has 1 saturated heterocycles. The Balaban J connectivity index is 1.39. The van der Waals surface area contributed by atoms with E-state index in [-0.39, 0.29) is 10.8 Å². The minimum absolute atomic E-state index is 0.0650. The molecule has 0 N–H and O–H groups in total. The molecule has 3 aromatic carbocycles. The number of hydrogen-bond acceptors (Lipinski definition) is 5. The second kappa shape index (κ2) is 13.0. The van der Waals surface area contributed by atoms with E-state index in [1.165, 1.54) is 40.7 Å². The number of amides is 1. The van der Waals surface area contributed by atoms with E-state index < -0.39 is 21.7 Å². The first-order valence-corrected chi connectivity index (χ1v) is 14.0. The van der Waals surface area contributed by atoms with Crippen LogP contribution >= 0.6 is 0 Å². The average molecular weight is 556 g/mol. The van der Waals surface area contributed by atoms with Crippen molar-refractivity contribution in [2.45, 2.75) is 4.90 Å². The van der Waals surface area contributed by atoms with E-state index in [9.17, 15) is 22.0 Å². The summed E-state index contributed by atoms with van der Waals surface area (Å²) in [4.78, 5) is 17.1. The zero-order chi connectivity index (χ0) is 27.8. The number of carbonyl (C=O) groups excluding carboxylic acids is 1. The van der Waals surface area contributed by atoms with E-state index in [1.807, 2.05) is 36.4 Å². The topological polar surface area (TPSA) is 70.2 Å². The molecule has 0 radical (unpaired) electrons. The van der Waals surface area contributed by atoms with Crippen molar-refractivity contribution in [3.63, 3.8) is 0 Å².